The number of amides is 1. The Hall–Kier alpha value is -1.24. The van der Waals surface area contributed by atoms with Crippen molar-refractivity contribution in [2.45, 2.75) is 19.9 Å². The zero-order valence-electron chi connectivity index (χ0n) is 11.5. The van der Waals surface area contributed by atoms with Gasteiger partial charge in [0.15, 0.2) is 0 Å². The number of hydrogen-bond acceptors (Lipinski definition) is 3. The summed E-state index contributed by atoms with van der Waals surface area (Å²) in [6.45, 7) is 2.82. The van der Waals surface area contributed by atoms with Gasteiger partial charge >= 0.3 is 0 Å². The number of carbonyl (C=O) groups excluding carboxylic acids is 1. The number of rotatable bonds is 5. The molecule has 0 aliphatic rings. The number of nitrogens with one attached hydrogen (secondary N) is 1. The van der Waals surface area contributed by atoms with E-state index in [4.69, 9.17) is 34.8 Å². The lowest BCUT2D eigenvalue weighted by Gasteiger charge is -2.06. The van der Waals surface area contributed by atoms with E-state index in [1.54, 1.807) is 18.7 Å². The minimum Gasteiger partial charge on any atom is -0.351 e. The molecule has 0 radical (unpaired) electrons. The predicted octanol–water partition coefficient (Wildman–Crippen LogP) is 2.71. The Labute approximate surface area is 137 Å². The zero-order valence-corrected chi connectivity index (χ0v) is 13.8. The molecule has 0 aliphatic carbocycles. The van der Waals surface area contributed by atoms with Crippen LogP contribution in [0.4, 0.5) is 0 Å². The third-order valence-corrected chi connectivity index (χ3v) is 4.15. The van der Waals surface area contributed by atoms with Crippen LogP contribution in [0.15, 0.2) is 6.20 Å². The molecule has 0 aromatic carbocycles. The van der Waals surface area contributed by atoms with E-state index in [9.17, 15) is 4.79 Å². The lowest BCUT2D eigenvalue weighted by molar-refractivity contribution is 0.0943. The molecule has 1 amide bonds. The van der Waals surface area contributed by atoms with E-state index in [-0.39, 0.29) is 5.91 Å². The summed E-state index contributed by atoms with van der Waals surface area (Å²) in [7, 11) is 1.66. The molecular weight excluding hydrogens is 337 g/mol. The van der Waals surface area contributed by atoms with E-state index >= 15 is 0 Å². The molecule has 6 nitrogen and oxygen atoms in total. The molecule has 0 unspecified atom stereocenters. The maximum atomic E-state index is 12.0. The van der Waals surface area contributed by atoms with Crippen molar-refractivity contribution in [1.82, 2.24) is 24.9 Å². The second-order valence-electron chi connectivity index (χ2n) is 4.49. The maximum absolute atomic E-state index is 12.0. The molecule has 2 rings (SSSR count). The molecule has 0 atom stereocenters. The quantitative estimate of drug-likeness (QED) is 0.843. The molecule has 0 fully saturated rings. The molecule has 0 saturated carbocycles. The summed E-state index contributed by atoms with van der Waals surface area (Å²) < 4.78 is 3.05. The van der Waals surface area contributed by atoms with Crippen LogP contribution in [0, 0.1) is 6.92 Å². The summed E-state index contributed by atoms with van der Waals surface area (Å²) in [6, 6.07) is 0. The van der Waals surface area contributed by atoms with Crippen LogP contribution in [0.5, 0.6) is 0 Å². The third kappa shape index (κ3) is 3.51. The van der Waals surface area contributed by atoms with Crippen molar-refractivity contribution >= 4 is 40.7 Å². The fraction of sp³-hybridized carbons (Fsp3) is 0.417. The average Bonchev–Trinajstić information content (AvgIpc) is 2.90. The first-order chi connectivity index (χ1) is 9.91. The van der Waals surface area contributed by atoms with Gasteiger partial charge in [-0.05, 0) is 13.3 Å². The summed E-state index contributed by atoms with van der Waals surface area (Å²) in [5.74, 6) is -0.263. The Morgan fingerprint density at radius 3 is 2.62 bits per heavy atom. The molecule has 2 aromatic rings. The van der Waals surface area contributed by atoms with E-state index in [1.807, 2.05) is 0 Å². The lowest BCUT2D eigenvalue weighted by Crippen LogP contribution is -2.27. The van der Waals surface area contributed by atoms with Crippen molar-refractivity contribution in [2.24, 2.45) is 7.05 Å². The topological polar surface area (TPSA) is 64.7 Å². The summed E-state index contributed by atoms with van der Waals surface area (Å²) in [4.78, 5) is 12.0. The largest absolute Gasteiger partial charge is 0.351 e. The van der Waals surface area contributed by atoms with Crippen molar-refractivity contribution < 1.29 is 4.79 Å². The van der Waals surface area contributed by atoms with E-state index in [0.717, 1.165) is 0 Å². The number of nitrogens with zero attached hydrogens (tertiary/aromatic N) is 4. The number of carbonyl (C=O) groups is 1. The Bertz CT molecular complexity index is 645. The highest BCUT2D eigenvalue weighted by Gasteiger charge is 2.15. The number of hydrogen-bond donors (Lipinski definition) is 1. The molecule has 2 aromatic heterocycles. The highest BCUT2D eigenvalue weighted by atomic mass is 35.5. The molecule has 0 saturated heterocycles. The Kier molecular flexibility index (Phi) is 5.13. The second kappa shape index (κ2) is 6.68. The molecule has 0 spiro atoms. The summed E-state index contributed by atoms with van der Waals surface area (Å²) in [5.41, 5.74) is 1.03. The average molecular weight is 351 g/mol. The van der Waals surface area contributed by atoms with E-state index < -0.39 is 0 Å². The highest BCUT2D eigenvalue weighted by Crippen LogP contribution is 2.24. The van der Waals surface area contributed by atoms with Crippen molar-refractivity contribution in [3.63, 3.8) is 0 Å². The van der Waals surface area contributed by atoms with Crippen LogP contribution >= 0.6 is 34.8 Å². The van der Waals surface area contributed by atoms with E-state index in [2.05, 4.69) is 15.5 Å². The first-order valence-electron chi connectivity index (χ1n) is 6.26. The van der Waals surface area contributed by atoms with Crippen molar-refractivity contribution in [3.8, 4) is 0 Å². The van der Waals surface area contributed by atoms with Gasteiger partial charge in [-0.3, -0.25) is 14.2 Å². The summed E-state index contributed by atoms with van der Waals surface area (Å²) >= 11 is 17.9. The van der Waals surface area contributed by atoms with Crippen molar-refractivity contribution in [2.75, 3.05) is 6.54 Å². The summed E-state index contributed by atoms with van der Waals surface area (Å²) in [5, 5.41) is 12.1. The molecule has 1 N–H and O–H groups in total. The van der Waals surface area contributed by atoms with Gasteiger partial charge in [0.2, 0.25) is 0 Å². The molecule has 9 heteroatoms. The van der Waals surface area contributed by atoms with E-state index in [0.29, 0.717) is 46.1 Å². The molecule has 0 bridgehead atoms. The number of halogens is 3. The van der Waals surface area contributed by atoms with Gasteiger partial charge < -0.3 is 5.32 Å². The predicted molar refractivity (Wildman–Crippen MR) is 82.2 cm³/mol. The third-order valence-electron chi connectivity index (χ3n) is 2.94. The maximum Gasteiger partial charge on any atom is 0.271 e. The van der Waals surface area contributed by atoms with Gasteiger partial charge in [0, 0.05) is 20.1 Å². The summed E-state index contributed by atoms with van der Waals surface area (Å²) in [6.07, 6.45) is 2.10. The molecule has 21 heavy (non-hydrogen) atoms. The fourth-order valence-corrected chi connectivity index (χ4v) is 2.51. The molecule has 2 heterocycles. The standard InChI is InChI=1S/C12H14Cl3N5O/c1-7-9(14)11(15)20(18-7)5-3-4-16-12(21)10-8(13)6-17-19(10)2/h6H,3-5H2,1-2H3,(H,16,21). The Morgan fingerprint density at radius 2 is 2.10 bits per heavy atom. The minimum absolute atomic E-state index is 0.263. The van der Waals surface area contributed by atoms with Crippen molar-refractivity contribution in [1.29, 1.82) is 0 Å². The van der Waals surface area contributed by atoms with Gasteiger partial charge in [0.05, 0.1) is 16.9 Å². The smallest absolute Gasteiger partial charge is 0.271 e. The van der Waals surface area contributed by atoms with Crippen LogP contribution in [0.3, 0.4) is 0 Å². The Balaban J connectivity index is 1.85. The van der Waals surface area contributed by atoms with Crippen LogP contribution in [0.2, 0.25) is 15.2 Å². The van der Waals surface area contributed by atoms with Crippen LogP contribution in [0.25, 0.3) is 0 Å². The molecule has 114 valence electrons. The molecular formula is C12H14Cl3N5O. The van der Waals surface area contributed by atoms with Crippen LogP contribution in [-0.2, 0) is 13.6 Å². The first-order valence-corrected chi connectivity index (χ1v) is 7.39. The number of aryl methyl sites for hydroxylation is 3. The highest BCUT2D eigenvalue weighted by molar-refractivity contribution is 6.41. The van der Waals surface area contributed by atoms with Crippen LogP contribution in [-0.4, -0.2) is 32.0 Å². The second-order valence-corrected chi connectivity index (χ2v) is 5.63. The number of aromatic nitrogens is 4. The van der Waals surface area contributed by atoms with E-state index in [1.165, 1.54) is 10.9 Å². The van der Waals surface area contributed by atoms with Crippen LogP contribution < -0.4 is 5.32 Å². The van der Waals surface area contributed by atoms with Crippen molar-refractivity contribution in [3.05, 3.63) is 32.8 Å². The first kappa shape index (κ1) is 16.1. The minimum atomic E-state index is -0.263. The Morgan fingerprint density at radius 1 is 1.38 bits per heavy atom. The zero-order chi connectivity index (χ0) is 15.6. The van der Waals surface area contributed by atoms with Gasteiger partial charge in [0.1, 0.15) is 15.9 Å². The monoisotopic (exact) mass is 349 g/mol. The van der Waals surface area contributed by atoms with Gasteiger partial charge in [-0.15, -0.1) is 0 Å². The van der Waals surface area contributed by atoms with Crippen LogP contribution in [0.1, 0.15) is 22.6 Å². The SMILES string of the molecule is Cc1nn(CCCNC(=O)c2c(Cl)cnn2C)c(Cl)c1Cl. The lowest BCUT2D eigenvalue weighted by atomic mass is 10.3. The fourth-order valence-electron chi connectivity index (χ4n) is 1.86. The van der Waals surface area contributed by atoms with Gasteiger partial charge in [-0.2, -0.15) is 10.2 Å². The molecule has 0 aliphatic heterocycles. The van der Waals surface area contributed by atoms with Gasteiger partial charge in [-0.1, -0.05) is 34.8 Å². The normalized spacial score (nSPS) is 10.9. The van der Waals surface area contributed by atoms with Gasteiger partial charge in [-0.25, -0.2) is 0 Å². The van der Waals surface area contributed by atoms with Gasteiger partial charge in [0.25, 0.3) is 5.91 Å².